The van der Waals surface area contributed by atoms with Gasteiger partial charge in [-0.3, -0.25) is 9.69 Å². The van der Waals surface area contributed by atoms with Gasteiger partial charge >= 0.3 is 0 Å². The van der Waals surface area contributed by atoms with Crippen LogP contribution in [-0.4, -0.2) is 53.4 Å². The number of aromatic nitrogens is 2. The number of carbonyl (C=O) groups is 1. The number of nitrogens with zero attached hydrogens (tertiary/aromatic N) is 3. The number of morpholine rings is 1. The Hall–Kier alpha value is -2.48. The maximum absolute atomic E-state index is 12.7. The van der Waals surface area contributed by atoms with Gasteiger partial charge in [-0.2, -0.15) is 5.10 Å². The van der Waals surface area contributed by atoms with Crippen molar-refractivity contribution >= 4 is 17.2 Å². The average Bonchev–Trinajstić information content (AvgIpc) is 3.38. The van der Waals surface area contributed by atoms with Crippen molar-refractivity contribution in [2.45, 2.75) is 19.9 Å². The Morgan fingerprint density at radius 3 is 2.59 bits per heavy atom. The smallest absolute Gasteiger partial charge is 0.251 e. The standard InChI is InChI=1S/C22H26N4O2S/c1-16-14-17(2)26(24-16)19-7-5-18(6-8-19)22(27)23-15-20(21-4-3-13-29-21)25-9-11-28-12-10-25/h3-8,13-14,20H,9-12,15H2,1-2H3,(H,23,27). The fourth-order valence-corrected chi connectivity index (χ4v) is 4.58. The zero-order valence-corrected chi connectivity index (χ0v) is 17.6. The van der Waals surface area contributed by atoms with Crippen LogP contribution in [-0.2, 0) is 4.74 Å². The molecule has 2 aromatic heterocycles. The first-order valence-electron chi connectivity index (χ1n) is 9.89. The number of hydrogen-bond acceptors (Lipinski definition) is 5. The van der Waals surface area contributed by atoms with E-state index in [4.69, 9.17) is 4.74 Å². The van der Waals surface area contributed by atoms with E-state index in [0.29, 0.717) is 12.1 Å². The highest BCUT2D eigenvalue weighted by Crippen LogP contribution is 2.25. The number of carbonyl (C=O) groups excluding carboxylic acids is 1. The lowest BCUT2D eigenvalue weighted by molar-refractivity contribution is 0.0169. The van der Waals surface area contributed by atoms with E-state index in [-0.39, 0.29) is 11.9 Å². The molecule has 1 unspecified atom stereocenters. The van der Waals surface area contributed by atoms with Gasteiger partial charge in [-0.1, -0.05) is 6.07 Å². The predicted molar refractivity (Wildman–Crippen MR) is 115 cm³/mol. The molecule has 1 aliphatic rings. The molecule has 1 saturated heterocycles. The average molecular weight is 411 g/mol. The number of nitrogens with one attached hydrogen (secondary N) is 1. The van der Waals surface area contributed by atoms with E-state index in [1.165, 1.54) is 4.88 Å². The first-order valence-corrected chi connectivity index (χ1v) is 10.8. The van der Waals surface area contributed by atoms with Crippen LogP contribution in [0.3, 0.4) is 0 Å². The van der Waals surface area contributed by atoms with Crippen molar-refractivity contribution in [3.8, 4) is 5.69 Å². The van der Waals surface area contributed by atoms with Crippen LogP contribution in [0.4, 0.5) is 0 Å². The molecule has 0 aliphatic carbocycles. The van der Waals surface area contributed by atoms with Gasteiger partial charge in [0.05, 0.1) is 30.6 Å². The first kappa shape index (κ1) is 19.8. The van der Waals surface area contributed by atoms with Crippen LogP contribution in [0.15, 0.2) is 47.8 Å². The molecule has 0 saturated carbocycles. The molecule has 1 atom stereocenters. The highest BCUT2D eigenvalue weighted by molar-refractivity contribution is 7.10. The zero-order valence-electron chi connectivity index (χ0n) is 16.8. The molecular formula is C22H26N4O2S. The second-order valence-electron chi connectivity index (χ2n) is 7.28. The summed E-state index contributed by atoms with van der Waals surface area (Å²) < 4.78 is 7.38. The van der Waals surface area contributed by atoms with Crippen LogP contribution in [0.1, 0.15) is 32.7 Å². The van der Waals surface area contributed by atoms with Gasteiger partial charge in [-0.15, -0.1) is 11.3 Å². The number of aryl methyl sites for hydroxylation is 2. The highest BCUT2D eigenvalue weighted by Gasteiger charge is 2.24. The topological polar surface area (TPSA) is 59.4 Å². The highest BCUT2D eigenvalue weighted by atomic mass is 32.1. The minimum Gasteiger partial charge on any atom is -0.379 e. The second kappa shape index (κ2) is 8.90. The van der Waals surface area contributed by atoms with Crippen LogP contribution in [0.25, 0.3) is 5.69 Å². The number of amides is 1. The van der Waals surface area contributed by atoms with Crippen molar-refractivity contribution < 1.29 is 9.53 Å². The molecule has 6 nitrogen and oxygen atoms in total. The Morgan fingerprint density at radius 2 is 1.97 bits per heavy atom. The number of ether oxygens (including phenoxy) is 1. The molecule has 4 rings (SSSR count). The summed E-state index contributed by atoms with van der Waals surface area (Å²) >= 11 is 1.73. The van der Waals surface area contributed by atoms with Gasteiger partial charge in [0.25, 0.3) is 5.91 Å². The quantitative estimate of drug-likeness (QED) is 0.677. The summed E-state index contributed by atoms with van der Waals surface area (Å²) in [6, 6.07) is 14.0. The Bertz CT molecular complexity index is 944. The van der Waals surface area contributed by atoms with Crippen molar-refractivity contribution in [2.24, 2.45) is 0 Å². The molecule has 1 amide bonds. The van der Waals surface area contributed by atoms with E-state index in [0.717, 1.165) is 43.4 Å². The molecule has 0 spiro atoms. The molecule has 0 bridgehead atoms. The lowest BCUT2D eigenvalue weighted by Crippen LogP contribution is -2.43. The van der Waals surface area contributed by atoms with Gasteiger partial charge in [0.1, 0.15) is 0 Å². The van der Waals surface area contributed by atoms with Crippen molar-refractivity contribution in [1.82, 2.24) is 20.0 Å². The first-order chi connectivity index (χ1) is 14.1. The summed E-state index contributed by atoms with van der Waals surface area (Å²) in [5.74, 6) is -0.0558. The van der Waals surface area contributed by atoms with Gasteiger partial charge in [0.2, 0.25) is 0 Å². The van der Waals surface area contributed by atoms with E-state index < -0.39 is 0 Å². The van der Waals surface area contributed by atoms with Crippen molar-refractivity contribution in [1.29, 1.82) is 0 Å². The normalized spacial score (nSPS) is 15.9. The minimum absolute atomic E-state index is 0.0558. The molecule has 7 heteroatoms. The van der Waals surface area contributed by atoms with Gasteiger partial charge in [-0.05, 0) is 55.6 Å². The molecule has 1 aliphatic heterocycles. The lowest BCUT2D eigenvalue weighted by Gasteiger charge is -2.34. The summed E-state index contributed by atoms with van der Waals surface area (Å²) in [5, 5.41) is 9.70. The van der Waals surface area contributed by atoms with Crippen molar-refractivity contribution in [2.75, 3.05) is 32.8 Å². The lowest BCUT2D eigenvalue weighted by atomic mass is 10.1. The SMILES string of the molecule is Cc1cc(C)n(-c2ccc(C(=O)NCC(c3cccs3)N3CCOCC3)cc2)n1. The van der Waals surface area contributed by atoms with Gasteiger partial charge in [0, 0.05) is 35.8 Å². The Balaban J connectivity index is 1.43. The number of benzene rings is 1. The summed E-state index contributed by atoms with van der Waals surface area (Å²) in [5.41, 5.74) is 3.66. The molecule has 0 radical (unpaired) electrons. The minimum atomic E-state index is -0.0558. The van der Waals surface area contributed by atoms with E-state index >= 15 is 0 Å². The van der Waals surface area contributed by atoms with E-state index in [2.05, 4.69) is 32.8 Å². The Labute approximate surface area is 175 Å². The van der Waals surface area contributed by atoms with E-state index in [1.54, 1.807) is 11.3 Å². The van der Waals surface area contributed by atoms with Crippen LogP contribution in [0, 0.1) is 13.8 Å². The number of thiophene rings is 1. The summed E-state index contributed by atoms with van der Waals surface area (Å²) in [6.07, 6.45) is 0. The molecular weight excluding hydrogens is 384 g/mol. The number of hydrogen-bond donors (Lipinski definition) is 1. The molecule has 3 aromatic rings. The second-order valence-corrected chi connectivity index (χ2v) is 8.25. The van der Waals surface area contributed by atoms with E-state index in [1.807, 2.05) is 48.9 Å². The van der Waals surface area contributed by atoms with Gasteiger partial charge in [0.15, 0.2) is 0 Å². The molecule has 1 fully saturated rings. The Morgan fingerprint density at radius 1 is 1.21 bits per heavy atom. The number of rotatable bonds is 6. The molecule has 3 heterocycles. The third kappa shape index (κ3) is 4.58. The van der Waals surface area contributed by atoms with Crippen molar-refractivity contribution in [3.05, 3.63) is 69.7 Å². The van der Waals surface area contributed by atoms with Crippen LogP contribution < -0.4 is 5.32 Å². The molecule has 1 aromatic carbocycles. The van der Waals surface area contributed by atoms with Crippen molar-refractivity contribution in [3.63, 3.8) is 0 Å². The Kier molecular flexibility index (Phi) is 6.08. The van der Waals surface area contributed by atoms with E-state index in [9.17, 15) is 4.79 Å². The maximum atomic E-state index is 12.7. The third-order valence-corrected chi connectivity index (χ3v) is 6.17. The fourth-order valence-electron chi connectivity index (χ4n) is 3.72. The summed E-state index contributed by atoms with van der Waals surface area (Å²) in [7, 11) is 0. The fraction of sp³-hybridized carbons (Fsp3) is 0.364. The molecule has 1 N–H and O–H groups in total. The third-order valence-electron chi connectivity index (χ3n) is 5.20. The molecule has 29 heavy (non-hydrogen) atoms. The summed E-state index contributed by atoms with van der Waals surface area (Å²) in [4.78, 5) is 16.4. The van der Waals surface area contributed by atoms with Gasteiger partial charge in [-0.25, -0.2) is 4.68 Å². The van der Waals surface area contributed by atoms with Gasteiger partial charge < -0.3 is 10.1 Å². The maximum Gasteiger partial charge on any atom is 0.251 e. The van der Waals surface area contributed by atoms with Crippen LogP contribution >= 0.6 is 11.3 Å². The largest absolute Gasteiger partial charge is 0.379 e. The molecule has 152 valence electrons. The van der Waals surface area contributed by atoms with Crippen LogP contribution in [0.5, 0.6) is 0 Å². The summed E-state index contributed by atoms with van der Waals surface area (Å²) in [6.45, 7) is 7.83. The zero-order chi connectivity index (χ0) is 20.2. The predicted octanol–water partition coefficient (Wildman–Crippen LogP) is 3.35. The monoisotopic (exact) mass is 410 g/mol. The van der Waals surface area contributed by atoms with Crippen LogP contribution in [0.2, 0.25) is 0 Å².